The van der Waals surface area contributed by atoms with Crippen LogP contribution in [0.1, 0.15) is 89.5 Å². The van der Waals surface area contributed by atoms with Crippen LogP contribution in [0.15, 0.2) is 52.9 Å². The lowest BCUT2D eigenvalue weighted by Gasteiger charge is -2.29. The molecule has 1 fully saturated rings. The third-order valence-electron chi connectivity index (χ3n) is 6.98. The molecule has 0 aliphatic heterocycles. The van der Waals surface area contributed by atoms with Gasteiger partial charge in [-0.2, -0.15) is 0 Å². The standard InChI is InChI=1S/C29H38N2O2/c1-3-5-7-8-22-9-11-23(12-10-22)24-13-15-25(16-14-24)28-30-31-29(33-28)26-17-19-27(20-18-26)32-21-6-4-2/h13-20,22-23H,3-12,21H2,1-2H3. The molecule has 0 amide bonds. The first-order valence-corrected chi connectivity index (χ1v) is 12.9. The zero-order valence-electron chi connectivity index (χ0n) is 20.3. The van der Waals surface area contributed by atoms with Gasteiger partial charge in [0.05, 0.1) is 6.61 Å². The van der Waals surface area contributed by atoms with E-state index in [0.29, 0.717) is 17.7 Å². The van der Waals surface area contributed by atoms with E-state index < -0.39 is 0 Å². The molecule has 3 aromatic rings. The molecular formula is C29H38N2O2. The minimum absolute atomic E-state index is 0.538. The van der Waals surface area contributed by atoms with Crippen molar-refractivity contribution >= 4 is 0 Å². The molecule has 176 valence electrons. The van der Waals surface area contributed by atoms with Crippen LogP contribution in [0.5, 0.6) is 5.75 Å². The maximum atomic E-state index is 5.98. The summed E-state index contributed by atoms with van der Waals surface area (Å²) in [4.78, 5) is 0. The molecule has 4 heteroatoms. The number of unbranched alkanes of at least 4 members (excludes halogenated alkanes) is 3. The fourth-order valence-electron chi connectivity index (χ4n) is 4.85. The second-order valence-corrected chi connectivity index (χ2v) is 9.47. The van der Waals surface area contributed by atoms with Gasteiger partial charge in [0.1, 0.15) is 5.75 Å². The van der Waals surface area contributed by atoms with Gasteiger partial charge in [0, 0.05) is 11.1 Å². The Hall–Kier alpha value is -2.62. The normalized spacial score (nSPS) is 18.4. The van der Waals surface area contributed by atoms with Gasteiger partial charge >= 0.3 is 0 Å². The first-order chi connectivity index (χ1) is 16.3. The minimum Gasteiger partial charge on any atom is -0.494 e. The van der Waals surface area contributed by atoms with Crippen molar-refractivity contribution in [2.24, 2.45) is 5.92 Å². The fourth-order valence-corrected chi connectivity index (χ4v) is 4.85. The molecule has 0 N–H and O–H groups in total. The summed E-state index contributed by atoms with van der Waals surface area (Å²) in [5, 5.41) is 8.55. The summed E-state index contributed by atoms with van der Waals surface area (Å²) < 4.78 is 11.7. The molecule has 4 nitrogen and oxygen atoms in total. The molecule has 0 bridgehead atoms. The van der Waals surface area contributed by atoms with E-state index in [1.807, 2.05) is 24.3 Å². The predicted molar refractivity (Wildman–Crippen MR) is 134 cm³/mol. The van der Waals surface area contributed by atoms with Crippen molar-refractivity contribution in [2.45, 2.75) is 84.0 Å². The maximum absolute atomic E-state index is 5.98. The number of rotatable bonds is 11. The van der Waals surface area contributed by atoms with Crippen molar-refractivity contribution in [3.05, 3.63) is 54.1 Å². The van der Waals surface area contributed by atoms with Gasteiger partial charge in [-0.1, -0.05) is 58.1 Å². The lowest BCUT2D eigenvalue weighted by atomic mass is 9.77. The molecule has 33 heavy (non-hydrogen) atoms. The highest BCUT2D eigenvalue weighted by Gasteiger charge is 2.22. The van der Waals surface area contributed by atoms with Gasteiger partial charge in [-0.3, -0.25) is 0 Å². The van der Waals surface area contributed by atoms with Gasteiger partial charge in [-0.25, -0.2) is 0 Å². The van der Waals surface area contributed by atoms with Gasteiger partial charge in [0.15, 0.2) is 0 Å². The summed E-state index contributed by atoms with van der Waals surface area (Å²) in [5.74, 6) is 3.62. The fraction of sp³-hybridized carbons (Fsp3) is 0.517. The van der Waals surface area contributed by atoms with Crippen LogP contribution in [0, 0.1) is 5.92 Å². The summed E-state index contributed by atoms with van der Waals surface area (Å²) in [6.07, 6.45) is 13.1. The number of hydrogen-bond donors (Lipinski definition) is 0. The summed E-state index contributed by atoms with van der Waals surface area (Å²) >= 11 is 0. The Kier molecular flexibility index (Phi) is 8.57. The molecule has 1 heterocycles. The molecule has 1 aliphatic rings. The summed E-state index contributed by atoms with van der Waals surface area (Å²) in [6, 6.07) is 16.6. The van der Waals surface area contributed by atoms with Crippen LogP contribution in [0.4, 0.5) is 0 Å². The maximum Gasteiger partial charge on any atom is 0.248 e. The van der Waals surface area contributed by atoms with Crippen molar-refractivity contribution in [3.63, 3.8) is 0 Å². The van der Waals surface area contributed by atoms with Crippen molar-refractivity contribution in [2.75, 3.05) is 6.61 Å². The number of benzene rings is 2. The van der Waals surface area contributed by atoms with Crippen LogP contribution >= 0.6 is 0 Å². The molecule has 2 aromatic carbocycles. The van der Waals surface area contributed by atoms with Gasteiger partial charge in [-0.15, -0.1) is 10.2 Å². The lowest BCUT2D eigenvalue weighted by molar-refractivity contribution is 0.303. The van der Waals surface area contributed by atoms with Crippen LogP contribution in [0.2, 0.25) is 0 Å². The highest BCUT2D eigenvalue weighted by molar-refractivity contribution is 5.58. The van der Waals surface area contributed by atoms with Crippen molar-refractivity contribution in [1.29, 1.82) is 0 Å². The van der Waals surface area contributed by atoms with E-state index >= 15 is 0 Å². The SMILES string of the molecule is CCCCCC1CCC(c2ccc(-c3nnc(-c4ccc(OCCCC)cc4)o3)cc2)CC1. The van der Waals surface area contributed by atoms with Crippen molar-refractivity contribution in [3.8, 4) is 28.7 Å². The zero-order valence-corrected chi connectivity index (χ0v) is 20.3. The van der Waals surface area contributed by atoms with Gasteiger partial charge < -0.3 is 9.15 Å². The smallest absolute Gasteiger partial charge is 0.248 e. The number of aromatic nitrogens is 2. The Labute approximate surface area is 198 Å². The van der Waals surface area contributed by atoms with Crippen LogP contribution < -0.4 is 4.74 Å². The van der Waals surface area contributed by atoms with Gasteiger partial charge in [0.25, 0.3) is 0 Å². The largest absolute Gasteiger partial charge is 0.494 e. The molecule has 1 aromatic heterocycles. The molecule has 0 atom stereocenters. The Morgan fingerprint density at radius 3 is 1.97 bits per heavy atom. The predicted octanol–water partition coefficient (Wildman–Crippen LogP) is 8.44. The monoisotopic (exact) mass is 446 g/mol. The van der Waals surface area contributed by atoms with E-state index in [1.165, 1.54) is 56.9 Å². The van der Waals surface area contributed by atoms with E-state index in [0.717, 1.165) is 42.2 Å². The third kappa shape index (κ3) is 6.46. The molecule has 0 saturated heterocycles. The molecule has 0 spiro atoms. The molecule has 1 aliphatic carbocycles. The van der Waals surface area contributed by atoms with E-state index in [4.69, 9.17) is 9.15 Å². The molecule has 0 radical (unpaired) electrons. The van der Waals surface area contributed by atoms with E-state index in [2.05, 4.69) is 48.3 Å². The minimum atomic E-state index is 0.538. The number of ether oxygens (including phenoxy) is 1. The summed E-state index contributed by atoms with van der Waals surface area (Å²) in [6.45, 7) is 5.20. The van der Waals surface area contributed by atoms with Crippen LogP contribution in [0.25, 0.3) is 22.9 Å². The first-order valence-electron chi connectivity index (χ1n) is 12.9. The van der Waals surface area contributed by atoms with E-state index in [-0.39, 0.29) is 0 Å². The first kappa shape index (κ1) is 23.5. The highest BCUT2D eigenvalue weighted by atomic mass is 16.5. The molecule has 4 rings (SSSR count). The molecule has 0 unspecified atom stereocenters. The Morgan fingerprint density at radius 1 is 0.758 bits per heavy atom. The molecular weight excluding hydrogens is 408 g/mol. The Morgan fingerprint density at radius 2 is 1.36 bits per heavy atom. The highest BCUT2D eigenvalue weighted by Crippen LogP contribution is 2.38. The Bertz CT molecular complexity index is 954. The van der Waals surface area contributed by atoms with Crippen LogP contribution in [0.3, 0.4) is 0 Å². The van der Waals surface area contributed by atoms with Crippen molar-refractivity contribution in [1.82, 2.24) is 10.2 Å². The van der Waals surface area contributed by atoms with Crippen LogP contribution in [-0.4, -0.2) is 16.8 Å². The molecule has 1 saturated carbocycles. The zero-order chi connectivity index (χ0) is 22.9. The second kappa shape index (κ2) is 12.0. The van der Waals surface area contributed by atoms with Crippen LogP contribution in [-0.2, 0) is 0 Å². The summed E-state index contributed by atoms with van der Waals surface area (Å²) in [7, 11) is 0. The van der Waals surface area contributed by atoms with Gasteiger partial charge in [0.2, 0.25) is 11.8 Å². The second-order valence-electron chi connectivity index (χ2n) is 9.47. The van der Waals surface area contributed by atoms with E-state index in [1.54, 1.807) is 0 Å². The lowest BCUT2D eigenvalue weighted by Crippen LogP contribution is -2.13. The van der Waals surface area contributed by atoms with Gasteiger partial charge in [-0.05, 0) is 85.9 Å². The average molecular weight is 447 g/mol. The number of hydrogen-bond acceptors (Lipinski definition) is 4. The summed E-state index contributed by atoms with van der Waals surface area (Å²) in [5.41, 5.74) is 3.33. The number of nitrogens with zero attached hydrogens (tertiary/aromatic N) is 2. The topological polar surface area (TPSA) is 48.2 Å². The third-order valence-corrected chi connectivity index (χ3v) is 6.98. The van der Waals surface area contributed by atoms with Crippen molar-refractivity contribution < 1.29 is 9.15 Å². The quantitative estimate of drug-likeness (QED) is 0.277. The van der Waals surface area contributed by atoms with E-state index in [9.17, 15) is 0 Å². The average Bonchev–Trinajstić information content (AvgIpc) is 3.36. The Balaban J connectivity index is 1.33.